The smallest absolute Gasteiger partial charge is 0.264 e. The van der Waals surface area contributed by atoms with Gasteiger partial charge in [-0.25, -0.2) is 0 Å². The van der Waals surface area contributed by atoms with Crippen LogP contribution in [0.5, 0.6) is 0 Å². The van der Waals surface area contributed by atoms with Gasteiger partial charge in [-0.3, -0.25) is 14.4 Å². The second kappa shape index (κ2) is 11.4. The van der Waals surface area contributed by atoms with E-state index in [9.17, 15) is 14.4 Å². The van der Waals surface area contributed by atoms with E-state index in [1.165, 1.54) is 22.7 Å². The van der Waals surface area contributed by atoms with E-state index in [2.05, 4.69) is 5.32 Å². The molecule has 178 valence electrons. The van der Waals surface area contributed by atoms with Gasteiger partial charge in [-0.15, -0.1) is 22.7 Å². The molecule has 4 rings (SSSR count). The molecule has 9 heteroatoms. The van der Waals surface area contributed by atoms with Crippen LogP contribution in [0, 0.1) is 0 Å². The number of hydrogen-bond donors (Lipinski definition) is 2. The highest BCUT2D eigenvalue weighted by molar-refractivity contribution is 7.12. The van der Waals surface area contributed by atoms with Crippen LogP contribution < -0.4 is 11.1 Å². The molecule has 2 aromatic heterocycles. The molecule has 3 amide bonds. The number of amides is 3. The molecule has 0 saturated carbocycles. The standard InChI is InChI=1S/C25H28N4O3S2/c26-11-12-27-23(30)20-16-19(17-29(20)25(32)22-9-5-15-34-22)28(24(31)21-8-4-14-33-21)13-10-18-6-2-1-3-7-18/h1-9,14-15,19-20H,10-13,16-17,26H2,(H,27,30). The molecule has 2 atom stereocenters. The number of nitrogens with zero attached hydrogens (tertiary/aromatic N) is 2. The SMILES string of the molecule is NCCNC(=O)C1CC(N(CCc2ccccc2)C(=O)c2cccs2)CN1C(=O)c1cccs1. The van der Waals surface area contributed by atoms with Crippen LogP contribution in [0.4, 0.5) is 0 Å². The highest BCUT2D eigenvalue weighted by Gasteiger charge is 2.43. The molecular formula is C25H28N4O3S2. The minimum Gasteiger partial charge on any atom is -0.353 e. The highest BCUT2D eigenvalue weighted by atomic mass is 32.1. The first-order valence-corrected chi connectivity index (χ1v) is 13.0. The van der Waals surface area contributed by atoms with E-state index >= 15 is 0 Å². The summed E-state index contributed by atoms with van der Waals surface area (Å²) < 4.78 is 0. The van der Waals surface area contributed by atoms with E-state index in [1.54, 1.807) is 11.0 Å². The average Bonchev–Trinajstić information content (AvgIpc) is 3.64. The largest absolute Gasteiger partial charge is 0.353 e. The lowest BCUT2D eigenvalue weighted by atomic mass is 10.1. The molecule has 34 heavy (non-hydrogen) atoms. The fraction of sp³-hybridized carbons (Fsp3) is 0.320. The number of hydrogen-bond acceptors (Lipinski definition) is 6. The van der Waals surface area contributed by atoms with Crippen molar-refractivity contribution in [1.82, 2.24) is 15.1 Å². The molecule has 1 aliphatic heterocycles. The van der Waals surface area contributed by atoms with Crippen molar-refractivity contribution in [3.63, 3.8) is 0 Å². The zero-order chi connectivity index (χ0) is 23.9. The van der Waals surface area contributed by atoms with Gasteiger partial charge in [-0.1, -0.05) is 42.5 Å². The fourth-order valence-corrected chi connectivity index (χ4v) is 5.61. The normalized spacial score (nSPS) is 17.5. The van der Waals surface area contributed by atoms with E-state index in [4.69, 9.17) is 5.73 Å². The quantitative estimate of drug-likeness (QED) is 0.476. The van der Waals surface area contributed by atoms with E-state index in [0.29, 0.717) is 48.8 Å². The number of likely N-dealkylation sites (tertiary alicyclic amines) is 1. The van der Waals surface area contributed by atoms with Gasteiger partial charge in [0.2, 0.25) is 5.91 Å². The van der Waals surface area contributed by atoms with Crippen molar-refractivity contribution in [1.29, 1.82) is 0 Å². The number of nitrogens with two attached hydrogens (primary N) is 1. The van der Waals surface area contributed by atoms with Gasteiger partial charge in [0.1, 0.15) is 6.04 Å². The molecule has 3 N–H and O–H groups in total. The zero-order valence-corrected chi connectivity index (χ0v) is 20.4. The van der Waals surface area contributed by atoms with Crippen LogP contribution in [0.1, 0.15) is 31.3 Å². The highest BCUT2D eigenvalue weighted by Crippen LogP contribution is 2.28. The van der Waals surface area contributed by atoms with Crippen LogP contribution in [0.3, 0.4) is 0 Å². The van der Waals surface area contributed by atoms with Crippen molar-refractivity contribution in [2.24, 2.45) is 5.73 Å². The fourth-order valence-electron chi connectivity index (χ4n) is 4.25. The van der Waals surface area contributed by atoms with Gasteiger partial charge >= 0.3 is 0 Å². The molecule has 1 fully saturated rings. The lowest BCUT2D eigenvalue weighted by Crippen LogP contribution is -2.46. The van der Waals surface area contributed by atoms with Crippen molar-refractivity contribution in [2.75, 3.05) is 26.2 Å². The van der Waals surface area contributed by atoms with Crippen molar-refractivity contribution in [3.8, 4) is 0 Å². The second-order valence-electron chi connectivity index (χ2n) is 8.13. The number of nitrogens with one attached hydrogen (secondary N) is 1. The summed E-state index contributed by atoms with van der Waals surface area (Å²) in [6.07, 6.45) is 1.08. The van der Waals surface area contributed by atoms with Gasteiger partial charge in [0, 0.05) is 26.2 Å². The zero-order valence-electron chi connectivity index (χ0n) is 18.8. The van der Waals surface area contributed by atoms with E-state index in [1.807, 2.05) is 64.2 Å². The van der Waals surface area contributed by atoms with E-state index < -0.39 is 6.04 Å². The molecule has 3 heterocycles. The predicted molar refractivity (Wildman–Crippen MR) is 135 cm³/mol. The lowest BCUT2D eigenvalue weighted by molar-refractivity contribution is -0.124. The van der Waals surface area contributed by atoms with Gasteiger partial charge in [0.15, 0.2) is 0 Å². The summed E-state index contributed by atoms with van der Waals surface area (Å²) in [5.74, 6) is -0.483. The second-order valence-corrected chi connectivity index (χ2v) is 10.0. The molecular weight excluding hydrogens is 468 g/mol. The Morgan fingerprint density at radius 1 is 1.00 bits per heavy atom. The average molecular weight is 497 g/mol. The summed E-state index contributed by atoms with van der Waals surface area (Å²) in [5, 5.41) is 6.55. The van der Waals surface area contributed by atoms with Gasteiger partial charge in [0.05, 0.1) is 15.8 Å². The van der Waals surface area contributed by atoms with Crippen molar-refractivity contribution >= 4 is 40.4 Å². The maximum Gasteiger partial charge on any atom is 0.264 e. The molecule has 7 nitrogen and oxygen atoms in total. The molecule has 2 unspecified atom stereocenters. The number of carbonyl (C=O) groups is 3. The summed E-state index contributed by atoms with van der Waals surface area (Å²) in [7, 11) is 0. The molecule has 0 spiro atoms. The number of thiophene rings is 2. The summed E-state index contributed by atoms with van der Waals surface area (Å²) in [6.45, 7) is 1.47. The Labute approximate surface area is 207 Å². The minimum absolute atomic E-state index is 0.0672. The Morgan fingerprint density at radius 2 is 1.71 bits per heavy atom. The first-order chi connectivity index (χ1) is 16.6. The van der Waals surface area contributed by atoms with Crippen LogP contribution in [-0.2, 0) is 11.2 Å². The third-order valence-electron chi connectivity index (χ3n) is 5.94. The Kier molecular flexibility index (Phi) is 8.10. The first-order valence-electron chi connectivity index (χ1n) is 11.3. The van der Waals surface area contributed by atoms with E-state index in [-0.39, 0.29) is 23.8 Å². The lowest BCUT2D eigenvalue weighted by Gasteiger charge is -2.29. The van der Waals surface area contributed by atoms with Gasteiger partial charge in [-0.05, 0) is 41.3 Å². The molecule has 0 bridgehead atoms. The molecule has 1 aliphatic rings. The summed E-state index contributed by atoms with van der Waals surface area (Å²) in [5.41, 5.74) is 6.70. The van der Waals surface area contributed by atoms with Gasteiger partial charge < -0.3 is 20.9 Å². The molecule has 0 aliphatic carbocycles. The molecule has 0 radical (unpaired) electrons. The number of carbonyl (C=O) groups excluding carboxylic acids is 3. The number of benzene rings is 1. The van der Waals surface area contributed by atoms with E-state index in [0.717, 1.165) is 5.56 Å². The Balaban J connectivity index is 1.59. The third kappa shape index (κ3) is 5.55. The van der Waals surface area contributed by atoms with Crippen LogP contribution in [0.15, 0.2) is 65.4 Å². The Hall–Kier alpha value is -3.01. The van der Waals surface area contributed by atoms with Crippen molar-refractivity contribution in [3.05, 3.63) is 80.7 Å². The maximum atomic E-state index is 13.5. The van der Waals surface area contributed by atoms with Crippen LogP contribution in [-0.4, -0.2) is 65.8 Å². The van der Waals surface area contributed by atoms with Crippen molar-refractivity contribution in [2.45, 2.75) is 24.9 Å². The van der Waals surface area contributed by atoms with Crippen LogP contribution in [0.25, 0.3) is 0 Å². The number of rotatable bonds is 9. The first kappa shape index (κ1) is 24.1. The Morgan fingerprint density at radius 3 is 2.35 bits per heavy atom. The van der Waals surface area contributed by atoms with Gasteiger partial charge in [0.25, 0.3) is 11.8 Å². The summed E-state index contributed by atoms with van der Waals surface area (Å²) >= 11 is 2.75. The monoisotopic (exact) mass is 496 g/mol. The summed E-state index contributed by atoms with van der Waals surface area (Å²) in [4.78, 5) is 44.4. The third-order valence-corrected chi connectivity index (χ3v) is 7.65. The molecule has 1 aromatic carbocycles. The molecule has 1 saturated heterocycles. The van der Waals surface area contributed by atoms with Crippen molar-refractivity contribution < 1.29 is 14.4 Å². The molecule has 3 aromatic rings. The summed E-state index contributed by atoms with van der Waals surface area (Å²) in [6, 6.07) is 16.3. The topological polar surface area (TPSA) is 95.7 Å². The predicted octanol–water partition coefficient (Wildman–Crippen LogP) is 2.85. The Bertz CT molecular complexity index is 1090. The maximum absolute atomic E-state index is 13.5. The van der Waals surface area contributed by atoms with Crippen LogP contribution in [0.2, 0.25) is 0 Å². The van der Waals surface area contributed by atoms with Gasteiger partial charge in [-0.2, -0.15) is 0 Å². The van der Waals surface area contributed by atoms with Crippen LogP contribution >= 0.6 is 22.7 Å². The minimum atomic E-state index is -0.651.